The Labute approximate surface area is 119 Å². The maximum atomic E-state index is 13.6. The summed E-state index contributed by atoms with van der Waals surface area (Å²) in [6, 6.07) is 7.01. The molecule has 0 saturated carbocycles. The number of ether oxygens (including phenoxy) is 1. The second-order valence-electron chi connectivity index (χ2n) is 4.11. The van der Waals surface area contributed by atoms with Crippen molar-refractivity contribution in [1.29, 1.82) is 0 Å². The van der Waals surface area contributed by atoms with Crippen molar-refractivity contribution in [3.05, 3.63) is 59.2 Å². The number of benzene rings is 1. The molecule has 0 atom stereocenters. The van der Waals surface area contributed by atoms with Gasteiger partial charge in [0.1, 0.15) is 12.9 Å². The SMILES string of the molecule is NNC(=O)c1ccc(COc2ccc(C=O)cc2F)nc1. The summed E-state index contributed by atoms with van der Waals surface area (Å²) in [6.45, 7) is 0.0296. The molecule has 6 nitrogen and oxygen atoms in total. The highest BCUT2D eigenvalue weighted by Crippen LogP contribution is 2.18. The number of nitrogens with two attached hydrogens (primary N) is 1. The van der Waals surface area contributed by atoms with Crippen molar-refractivity contribution in [1.82, 2.24) is 10.4 Å². The maximum absolute atomic E-state index is 13.6. The zero-order chi connectivity index (χ0) is 15.2. The van der Waals surface area contributed by atoms with Crippen LogP contribution >= 0.6 is 0 Å². The summed E-state index contributed by atoms with van der Waals surface area (Å²) in [4.78, 5) is 25.7. The number of amides is 1. The summed E-state index contributed by atoms with van der Waals surface area (Å²) in [6.07, 6.45) is 1.89. The van der Waals surface area contributed by atoms with Gasteiger partial charge in [0.05, 0.1) is 11.3 Å². The zero-order valence-corrected chi connectivity index (χ0v) is 10.9. The number of hydrazine groups is 1. The number of pyridine rings is 1. The normalized spacial score (nSPS) is 10.0. The van der Waals surface area contributed by atoms with Gasteiger partial charge in [-0.3, -0.25) is 20.0 Å². The van der Waals surface area contributed by atoms with Crippen molar-refractivity contribution >= 4 is 12.2 Å². The standard InChI is InChI=1S/C14H12FN3O3/c15-12-5-9(7-19)1-4-13(12)21-8-11-3-2-10(6-17-11)14(20)18-16/h1-7H,8,16H2,(H,18,20). The van der Waals surface area contributed by atoms with E-state index in [4.69, 9.17) is 10.6 Å². The van der Waals surface area contributed by atoms with E-state index in [1.807, 2.05) is 5.43 Å². The van der Waals surface area contributed by atoms with Crippen LogP contribution in [-0.4, -0.2) is 17.2 Å². The van der Waals surface area contributed by atoms with Crippen LogP contribution in [0.1, 0.15) is 26.4 Å². The van der Waals surface area contributed by atoms with Gasteiger partial charge in [0.2, 0.25) is 0 Å². The Kier molecular flexibility index (Phi) is 4.57. The van der Waals surface area contributed by atoms with E-state index in [-0.39, 0.29) is 17.9 Å². The van der Waals surface area contributed by atoms with Crippen LogP contribution in [0.2, 0.25) is 0 Å². The fraction of sp³-hybridized carbons (Fsp3) is 0.0714. The average Bonchev–Trinajstić information content (AvgIpc) is 2.53. The van der Waals surface area contributed by atoms with E-state index in [0.717, 1.165) is 6.07 Å². The number of nitrogens with one attached hydrogen (secondary N) is 1. The van der Waals surface area contributed by atoms with E-state index in [1.54, 1.807) is 6.07 Å². The number of carbonyl (C=O) groups is 2. The molecule has 0 bridgehead atoms. The molecule has 1 heterocycles. The molecule has 0 fully saturated rings. The lowest BCUT2D eigenvalue weighted by Crippen LogP contribution is -2.30. The summed E-state index contributed by atoms with van der Waals surface area (Å²) in [5, 5.41) is 0. The molecule has 3 N–H and O–H groups in total. The molecule has 0 aliphatic rings. The van der Waals surface area contributed by atoms with E-state index in [2.05, 4.69) is 4.98 Å². The highest BCUT2D eigenvalue weighted by Gasteiger charge is 2.07. The lowest BCUT2D eigenvalue weighted by molar-refractivity contribution is 0.0953. The number of hydrogen-bond acceptors (Lipinski definition) is 5. The Balaban J connectivity index is 2.03. The summed E-state index contributed by atoms with van der Waals surface area (Å²) in [5.74, 6) is 3.94. The molecule has 0 aliphatic carbocycles. The van der Waals surface area contributed by atoms with Crippen LogP contribution < -0.4 is 16.0 Å². The summed E-state index contributed by atoms with van der Waals surface area (Å²) < 4.78 is 18.9. The second kappa shape index (κ2) is 6.58. The molecule has 2 aromatic rings. The molecule has 1 aromatic heterocycles. The first kappa shape index (κ1) is 14.6. The molecule has 0 saturated heterocycles. The fourth-order valence-electron chi connectivity index (χ4n) is 1.59. The predicted octanol–water partition coefficient (Wildman–Crippen LogP) is 1.22. The number of nitrogens with zero attached hydrogens (tertiary/aromatic N) is 1. The minimum absolute atomic E-state index is 0.0196. The third kappa shape index (κ3) is 3.61. The molecule has 1 amide bonds. The Morgan fingerprint density at radius 1 is 1.38 bits per heavy atom. The smallest absolute Gasteiger partial charge is 0.266 e. The van der Waals surface area contributed by atoms with Gasteiger partial charge >= 0.3 is 0 Å². The van der Waals surface area contributed by atoms with Crippen molar-refractivity contribution < 1.29 is 18.7 Å². The first-order valence-corrected chi connectivity index (χ1v) is 5.97. The van der Waals surface area contributed by atoms with Crippen LogP contribution in [0, 0.1) is 5.82 Å². The Hall–Kier alpha value is -2.80. The first-order valence-electron chi connectivity index (χ1n) is 5.97. The number of aromatic nitrogens is 1. The summed E-state index contributed by atoms with van der Waals surface area (Å²) in [5.41, 5.74) is 3.04. The van der Waals surface area contributed by atoms with E-state index in [9.17, 15) is 14.0 Å². The van der Waals surface area contributed by atoms with Crippen LogP contribution in [-0.2, 0) is 6.61 Å². The van der Waals surface area contributed by atoms with Crippen molar-refractivity contribution in [2.45, 2.75) is 6.61 Å². The third-order valence-corrected chi connectivity index (χ3v) is 2.69. The molecule has 2 rings (SSSR count). The fourth-order valence-corrected chi connectivity index (χ4v) is 1.59. The minimum Gasteiger partial charge on any atom is -0.484 e. The molecular formula is C14H12FN3O3. The minimum atomic E-state index is -0.626. The average molecular weight is 289 g/mol. The van der Waals surface area contributed by atoms with E-state index in [1.165, 1.54) is 24.4 Å². The van der Waals surface area contributed by atoms with Crippen molar-refractivity contribution in [3.63, 3.8) is 0 Å². The summed E-state index contributed by atoms with van der Waals surface area (Å²) >= 11 is 0. The number of hydrogen-bond donors (Lipinski definition) is 2. The Morgan fingerprint density at radius 2 is 2.19 bits per heavy atom. The van der Waals surface area contributed by atoms with Crippen LogP contribution in [0.25, 0.3) is 0 Å². The van der Waals surface area contributed by atoms with Crippen molar-refractivity contribution in [2.75, 3.05) is 0 Å². The largest absolute Gasteiger partial charge is 0.484 e. The van der Waals surface area contributed by atoms with Crippen LogP contribution in [0.15, 0.2) is 36.5 Å². The molecule has 21 heavy (non-hydrogen) atoms. The van der Waals surface area contributed by atoms with Gasteiger partial charge in [-0.15, -0.1) is 0 Å². The topological polar surface area (TPSA) is 94.3 Å². The molecule has 7 heteroatoms. The van der Waals surface area contributed by atoms with Gasteiger partial charge in [0.25, 0.3) is 5.91 Å². The Bertz CT molecular complexity index is 659. The number of nitrogen functional groups attached to an aromatic ring is 1. The maximum Gasteiger partial charge on any atom is 0.266 e. The van der Waals surface area contributed by atoms with Gasteiger partial charge in [0.15, 0.2) is 11.6 Å². The monoisotopic (exact) mass is 289 g/mol. The second-order valence-corrected chi connectivity index (χ2v) is 4.11. The lowest BCUT2D eigenvalue weighted by atomic mass is 10.2. The van der Waals surface area contributed by atoms with Gasteiger partial charge in [-0.05, 0) is 30.3 Å². The van der Waals surface area contributed by atoms with Crippen LogP contribution in [0.3, 0.4) is 0 Å². The number of aldehydes is 1. The molecule has 0 unspecified atom stereocenters. The molecule has 0 radical (unpaired) electrons. The van der Waals surface area contributed by atoms with Crippen molar-refractivity contribution in [3.8, 4) is 5.75 Å². The van der Waals surface area contributed by atoms with E-state index < -0.39 is 11.7 Å². The first-order chi connectivity index (χ1) is 10.1. The molecular weight excluding hydrogens is 277 g/mol. The third-order valence-electron chi connectivity index (χ3n) is 2.69. The number of rotatable bonds is 5. The predicted molar refractivity (Wildman–Crippen MR) is 72.0 cm³/mol. The molecule has 108 valence electrons. The highest BCUT2D eigenvalue weighted by molar-refractivity contribution is 5.93. The van der Waals surface area contributed by atoms with Gasteiger partial charge in [-0.2, -0.15) is 0 Å². The van der Waals surface area contributed by atoms with Gasteiger partial charge in [-0.25, -0.2) is 10.2 Å². The summed E-state index contributed by atoms with van der Waals surface area (Å²) in [7, 11) is 0. The quantitative estimate of drug-likeness (QED) is 0.373. The van der Waals surface area contributed by atoms with Crippen molar-refractivity contribution in [2.24, 2.45) is 5.84 Å². The lowest BCUT2D eigenvalue weighted by Gasteiger charge is -2.07. The van der Waals surface area contributed by atoms with Gasteiger partial charge in [-0.1, -0.05) is 0 Å². The highest BCUT2D eigenvalue weighted by atomic mass is 19.1. The molecule has 1 aromatic carbocycles. The number of carbonyl (C=O) groups excluding carboxylic acids is 2. The van der Waals surface area contributed by atoms with Gasteiger partial charge < -0.3 is 4.74 Å². The molecule has 0 aliphatic heterocycles. The van der Waals surface area contributed by atoms with Crippen LogP contribution in [0.4, 0.5) is 4.39 Å². The molecule has 0 spiro atoms. The van der Waals surface area contributed by atoms with Gasteiger partial charge in [0, 0.05) is 11.8 Å². The van der Waals surface area contributed by atoms with E-state index >= 15 is 0 Å². The number of halogens is 1. The Morgan fingerprint density at radius 3 is 2.76 bits per heavy atom. The van der Waals surface area contributed by atoms with Crippen LogP contribution in [0.5, 0.6) is 5.75 Å². The zero-order valence-electron chi connectivity index (χ0n) is 10.9. The van der Waals surface area contributed by atoms with E-state index in [0.29, 0.717) is 17.5 Å².